The van der Waals surface area contributed by atoms with Crippen LogP contribution >= 0.6 is 0 Å². The first-order chi connectivity index (χ1) is 14.9. The van der Waals surface area contributed by atoms with Crippen molar-refractivity contribution < 1.29 is 18.0 Å². The number of nitrogens with one attached hydrogen (secondary N) is 2. The van der Waals surface area contributed by atoms with Gasteiger partial charge in [-0.2, -0.15) is 18.3 Å². The van der Waals surface area contributed by atoms with Crippen LogP contribution in [0.5, 0.6) is 0 Å². The zero-order valence-electron chi connectivity index (χ0n) is 17.2. The van der Waals surface area contributed by atoms with Gasteiger partial charge in [-0.05, 0) is 56.6 Å². The molecule has 1 aromatic carbocycles. The van der Waals surface area contributed by atoms with E-state index in [4.69, 9.17) is 0 Å². The third kappa shape index (κ3) is 4.09. The summed E-state index contributed by atoms with van der Waals surface area (Å²) >= 11 is 0. The smallest absolute Gasteiger partial charge is 0.370 e. The van der Waals surface area contributed by atoms with Crippen molar-refractivity contribution >= 4 is 23.1 Å². The van der Waals surface area contributed by atoms with E-state index in [1.165, 1.54) is 12.5 Å². The first-order valence-electron chi connectivity index (χ1n) is 11.0. The highest BCUT2D eigenvalue weighted by Gasteiger charge is 2.49. The fourth-order valence-corrected chi connectivity index (χ4v) is 4.70. The van der Waals surface area contributed by atoms with E-state index in [-0.39, 0.29) is 29.9 Å². The van der Waals surface area contributed by atoms with Crippen molar-refractivity contribution in [2.75, 3.05) is 28.6 Å². The van der Waals surface area contributed by atoms with E-state index >= 15 is 0 Å². The van der Waals surface area contributed by atoms with Crippen molar-refractivity contribution in [1.82, 2.24) is 9.78 Å². The molecule has 2 unspecified atom stereocenters. The van der Waals surface area contributed by atoms with Crippen LogP contribution < -0.4 is 15.5 Å². The number of carbonyl (C=O) groups is 1. The van der Waals surface area contributed by atoms with E-state index in [0.717, 1.165) is 49.1 Å². The number of alkyl halides is 3. The Kier molecular flexibility index (Phi) is 5.06. The summed E-state index contributed by atoms with van der Waals surface area (Å²) in [6.45, 7) is 1.84. The molecule has 1 aromatic heterocycles. The lowest BCUT2D eigenvalue weighted by Crippen LogP contribution is -2.40. The van der Waals surface area contributed by atoms with E-state index in [2.05, 4.69) is 20.6 Å². The number of aromatic nitrogens is 2. The number of rotatable bonds is 4. The topological polar surface area (TPSA) is 62.2 Å². The fourth-order valence-electron chi connectivity index (χ4n) is 4.70. The molecule has 2 aromatic rings. The molecule has 1 aliphatic carbocycles. The molecule has 3 aliphatic rings. The number of piperidine rings is 1. The van der Waals surface area contributed by atoms with Gasteiger partial charge in [0.1, 0.15) is 5.82 Å². The second-order valence-electron chi connectivity index (χ2n) is 8.76. The second kappa shape index (κ2) is 7.76. The molecule has 3 heterocycles. The van der Waals surface area contributed by atoms with Crippen molar-refractivity contribution in [2.24, 2.45) is 5.92 Å². The summed E-state index contributed by atoms with van der Waals surface area (Å²) in [4.78, 5) is 15.2. The van der Waals surface area contributed by atoms with Crippen LogP contribution in [-0.2, 0) is 0 Å². The highest BCUT2D eigenvalue weighted by molar-refractivity contribution is 6.05. The number of amides is 1. The van der Waals surface area contributed by atoms with Gasteiger partial charge in [-0.15, -0.1) is 0 Å². The quantitative estimate of drug-likeness (QED) is 0.726. The third-order valence-corrected chi connectivity index (χ3v) is 6.49. The molecule has 2 N–H and O–H groups in total. The number of halogens is 3. The monoisotopic (exact) mass is 433 g/mol. The largest absolute Gasteiger partial charge is 0.410 e. The van der Waals surface area contributed by atoms with Crippen LogP contribution in [0, 0.1) is 5.92 Å². The standard InChI is InChI=1S/C22H26F3N5O/c23-22(24,25)19-12-16(14-8-9-14)26-20-13-17(28-30(19)20)21(31)27-15-6-2-3-7-18(15)29-10-4-1-5-11-29/h2-3,6-7,13-14,16,19,26H,1,4-5,8-12H2,(H,27,31). The summed E-state index contributed by atoms with van der Waals surface area (Å²) in [5.74, 6) is 0.0270. The molecule has 1 saturated carbocycles. The molecule has 0 spiro atoms. The van der Waals surface area contributed by atoms with Crippen LogP contribution in [-0.4, -0.2) is 41.0 Å². The Bertz CT molecular complexity index is 962. The Morgan fingerprint density at radius 3 is 2.58 bits per heavy atom. The Morgan fingerprint density at radius 1 is 1.13 bits per heavy atom. The SMILES string of the molecule is O=C(Nc1ccccc1N1CCCCC1)c1cc2n(n1)C(C(F)(F)F)CC(C1CC1)N2. The average molecular weight is 433 g/mol. The number of benzene rings is 1. The number of carbonyl (C=O) groups excluding carboxylic acids is 1. The van der Waals surface area contributed by atoms with E-state index in [1.54, 1.807) is 0 Å². The molecular weight excluding hydrogens is 407 g/mol. The van der Waals surface area contributed by atoms with Gasteiger partial charge in [0.25, 0.3) is 5.91 Å². The summed E-state index contributed by atoms with van der Waals surface area (Å²) in [5.41, 5.74) is 1.57. The van der Waals surface area contributed by atoms with E-state index in [0.29, 0.717) is 5.69 Å². The molecule has 2 fully saturated rings. The van der Waals surface area contributed by atoms with E-state index < -0.39 is 18.1 Å². The molecule has 31 heavy (non-hydrogen) atoms. The molecular formula is C22H26F3N5O. The maximum atomic E-state index is 13.7. The van der Waals surface area contributed by atoms with Gasteiger partial charge in [-0.1, -0.05) is 12.1 Å². The van der Waals surface area contributed by atoms with Crippen LogP contribution in [0.25, 0.3) is 0 Å². The number of nitrogens with zero attached hydrogens (tertiary/aromatic N) is 3. The van der Waals surface area contributed by atoms with E-state index in [1.807, 2.05) is 24.3 Å². The predicted octanol–water partition coefficient (Wildman–Crippen LogP) is 4.82. The van der Waals surface area contributed by atoms with Gasteiger partial charge in [-0.25, -0.2) is 4.68 Å². The average Bonchev–Trinajstić information content (AvgIpc) is 3.52. The highest BCUT2D eigenvalue weighted by atomic mass is 19.4. The van der Waals surface area contributed by atoms with Crippen molar-refractivity contribution in [3.05, 3.63) is 36.0 Å². The van der Waals surface area contributed by atoms with Crippen molar-refractivity contribution in [3.8, 4) is 0 Å². The van der Waals surface area contributed by atoms with Crippen LogP contribution in [0.2, 0.25) is 0 Å². The van der Waals surface area contributed by atoms with Crippen molar-refractivity contribution in [3.63, 3.8) is 0 Å². The van der Waals surface area contributed by atoms with Crippen molar-refractivity contribution in [2.45, 2.75) is 56.8 Å². The Balaban J connectivity index is 1.39. The second-order valence-corrected chi connectivity index (χ2v) is 8.76. The molecule has 166 valence electrons. The van der Waals surface area contributed by atoms with Gasteiger partial charge in [0.05, 0.1) is 11.4 Å². The number of anilines is 3. The number of hydrogen-bond acceptors (Lipinski definition) is 4. The third-order valence-electron chi connectivity index (χ3n) is 6.49. The molecule has 1 saturated heterocycles. The van der Waals surface area contributed by atoms with Gasteiger partial charge in [0, 0.05) is 25.2 Å². The number of para-hydroxylation sites is 2. The molecule has 9 heteroatoms. The van der Waals surface area contributed by atoms with Crippen LogP contribution in [0.15, 0.2) is 30.3 Å². The maximum absolute atomic E-state index is 13.7. The lowest BCUT2D eigenvalue weighted by Gasteiger charge is -2.33. The summed E-state index contributed by atoms with van der Waals surface area (Å²) in [6.07, 6.45) is 0.812. The predicted molar refractivity (Wildman–Crippen MR) is 113 cm³/mol. The molecule has 0 radical (unpaired) electrons. The number of hydrogen-bond donors (Lipinski definition) is 2. The first kappa shape index (κ1) is 20.2. The highest BCUT2D eigenvalue weighted by Crippen LogP contribution is 2.45. The van der Waals surface area contributed by atoms with Crippen LogP contribution in [0.4, 0.5) is 30.4 Å². The molecule has 2 aliphatic heterocycles. The maximum Gasteiger partial charge on any atom is 0.410 e. The first-order valence-corrected chi connectivity index (χ1v) is 11.0. The minimum atomic E-state index is -4.41. The van der Waals surface area contributed by atoms with Gasteiger partial charge in [0.15, 0.2) is 11.7 Å². The minimum Gasteiger partial charge on any atom is -0.370 e. The van der Waals surface area contributed by atoms with Gasteiger partial charge >= 0.3 is 6.18 Å². The summed E-state index contributed by atoms with van der Waals surface area (Å²) in [6, 6.07) is 7.03. The zero-order chi connectivity index (χ0) is 21.6. The number of fused-ring (bicyclic) bond motifs is 1. The van der Waals surface area contributed by atoms with Gasteiger partial charge in [-0.3, -0.25) is 4.79 Å². The van der Waals surface area contributed by atoms with E-state index in [9.17, 15) is 18.0 Å². The van der Waals surface area contributed by atoms with Crippen LogP contribution in [0.3, 0.4) is 0 Å². The molecule has 6 nitrogen and oxygen atoms in total. The minimum absolute atomic E-state index is 0.0124. The summed E-state index contributed by atoms with van der Waals surface area (Å²) in [5, 5.41) is 10.1. The van der Waals surface area contributed by atoms with Gasteiger partial charge < -0.3 is 15.5 Å². The fraction of sp³-hybridized carbons (Fsp3) is 0.545. The Labute approximate surface area is 178 Å². The molecule has 1 amide bonds. The molecule has 0 bridgehead atoms. The van der Waals surface area contributed by atoms with Crippen molar-refractivity contribution in [1.29, 1.82) is 0 Å². The molecule has 5 rings (SSSR count). The lowest BCUT2D eigenvalue weighted by atomic mass is 10.0. The Hall–Kier alpha value is -2.71. The van der Waals surface area contributed by atoms with Crippen LogP contribution in [0.1, 0.15) is 55.1 Å². The zero-order valence-corrected chi connectivity index (χ0v) is 17.2. The molecule has 2 atom stereocenters. The normalized spacial score (nSPS) is 23.8. The summed E-state index contributed by atoms with van der Waals surface area (Å²) in [7, 11) is 0. The Morgan fingerprint density at radius 2 is 1.87 bits per heavy atom. The van der Waals surface area contributed by atoms with Gasteiger partial charge in [0.2, 0.25) is 0 Å². The lowest BCUT2D eigenvalue weighted by molar-refractivity contribution is -0.174. The summed E-state index contributed by atoms with van der Waals surface area (Å²) < 4.78 is 42.0.